The Morgan fingerprint density at radius 1 is 1.03 bits per heavy atom. The van der Waals surface area contributed by atoms with E-state index >= 15 is 0 Å². The Labute approximate surface area is 208 Å². The van der Waals surface area contributed by atoms with Crippen LogP contribution in [0, 0.1) is 10.1 Å². The first-order valence-corrected chi connectivity index (χ1v) is 11.8. The quantitative estimate of drug-likeness (QED) is 0.189. The van der Waals surface area contributed by atoms with Crippen LogP contribution in [0.1, 0.15) is 48.9 Å². The number of nitrogens with one attached hydrogen (secondary N) is 1. The van der Waals surface area contributed by atoms with Gasteiger partial charge in [0.05, 0.1) is 16.7 Å². The van der Waals surface area contributed by atoms with Gasteiger partial charge in [0, 0.05) is 29.6 Å². The third-order valence-corrected chi connectivity index (χ3v) is 6.53. The van der Waals surface area contributed by atoms with Crippen molar-refractivity contribution in [3.63, 3.8) is 0 Å². The van der Waals surface area contributed by atoms with Gasteiger partial charge in [0.15, 0.2) is 5.11 Å². The van der Waals surface area contributed by atoms with E-state index in [-0.39, 0.29) is 17.8 Å². The van der Waals surface area contributed by atoms with Crippen LogP contribution in [-0.4, -0.2) is 15.0 Å². The summed E-state index contributed by atoms with van der Waals surface area (Å²) in [6.07, 6.45) is 1.77. The minimum absolute atomic E-state index is 0.0390. The molecule has 176 valence electrons. The molecule has 1 N–H and O–H groups in total. The number of furan rings is 1. The van der Waals surface area contributed by atoms with Crippen LogP contribution >= 0.6 is 12.2 Å². The Bertz CT molecular complexity index is 1350. The second-order valence-electron chi connectivity index (χ2n) is 8.75. The molecule has 1 fully saturated rings. The van der Waals surface area contributed by atoms with Gasteiger partial charge in [-0.1, -0.05) is 32.0 Å². The van der Waals surface area contributed by atoms with E-state index < -0.39 is 4.92 Å². The summed E-state index contributed by atoms with van der Waals surface area (Å²) >= 11 is 5.78. The first kappa shape index (κ1) is 22.7. The van der Waals surface area contributed by atoms with Gasteiger partial charge in [-0.25, -0.2) is 0 Å². The molecule has 0 saturated carbocycles. The summed E-state index contributed by atoms with van der Waals surface area (Å²) in [4.78, 5) is 17.2. The van der Waals surface area contributed by atoms with E-state index in [2.05, 4.69) is 53.3 Å². The second-order valence-corrected chi connectivity index (χ2v) is 9.14. The van der Waals surface area contributed by atoms with E-state index in [1.54, 1.807) is 18.3 Å². The molecule has 2 aromatic carbocycles. The van der Waals surface area contributed by atoms with Crippen molar-refractivity contribution in [1.29, 1.82) is 0 Å². The maximum atomic E-state index is 11.0. The van der Waals surface area contributed by atoms with Crippen molar-refractivity contribution in [3.8, 4) is 11.3 Å². The predicted molar refractivity (Wildman–Crippen MR) is 139 cm³/mol. The zero-order chi connectivity index (χ0) is 24.5. The molecular weight excluding hydrogens is 460 g/mol. The Hall–Kier alpha value is -4.04. The van der Waals surface area contributed by atoms with E-state index in [1.165, 1.54) is 17.7 Å². The highest BCUT2D eigenvalue weighted by atomic mass is 32.1. The van der Waals surface area contributed by atoms with Crippen molar-refractivity contribution in [3.05, 3.63) is 112 Å². The molecule has 3 heterocycles. The molecule has 1 aliphatic heterocycles. The van der Waals surface area contributed by atoms with Crippen LogP contribution in [0.2, 0.25) is 0 Å². The Morgan fingerprint density at radius 3 is 2.40 bits per heavy atom. The van der Waals surface area contributed by atoms with Gasteiger partial charge in [-0.05, 0) is 72.2 Å². The molecule has 0 aliphatic carbocycles. The lowest BCUT2D eigenvalue weighted by atomic mass is 10.0. The van der Waals surface area contributed by atoms with Crippen LogP contribution < -0.4 is 10.2 Å². The minimum Gasteiger partial charge on any atom is -0.459 e. The van der Waals surface area contributed by atoms with Gasteiger partial charge in [0.2, 0.25) is 0 Å². The lowest BCUT2D eigenvalue weighted by Crippen LogP contribution is -2.29. The third kappa shape index (κ3) is 4.40. The fraction of sp³-hybridized carbons (Fsp3) is 0.185. The van der Waals surface area contributed by atoms with E-state index in [0.29, 0.717) is 22.6 Å². The number of hydrogen-bond donors (Lipinski definition) is 1. The molecule has 0 radical (unpaired) electrons. The standard InChI is InChI=1S/C27H24N4O3S/c1-17(2)18-6-10-20(11-7-18)30-26(25(29-27(30)35)22-5-3-4-16-28-22)24-15-14-23(34-24)19-8-12-21(13-9-19)31(32)33/h3-17,25-26H,1-2H3,(H,29,35). The number of benzene rings is 2. The number of aromatic nitrogens is 1. The maximum Gasteiger partial charge on any atom is 0.269 e. The highest BCUT2D eigenvalue weighted by molar-refractivity contribution is 7.80. The van der Waals surface area contributed by atoms with E-state index in [4.69, 9.17) is 16.6 Å². The molecule has 2 unspecified atom stereocenters. The lowest BCUT2D eigenvalue weighted by molar-refractivity contribution is -0.384. The molecule has 2 aromatic heterocycles. The van der Waals surface area contributed by atoms with Crippen molar-refractivity contribution in [2.45, 2.75) is 31.8 Å². The normalized spacial score (nSPS) is 17.6. The summed E-state index contributed by atoms with van der Waals surface area (Å²) in [5.74, 6) is 1.77. The summed E-state index contributed by atoms with van der Waals surface area (Å²) in [6, 6.07) is 23.9. The Balaban J connectivity index is 1.55. The van der Waals surface area contributed by atoms with Crippen molar-refractivity contribution < 1.29 is 9.34 Å². The first-order valence-electron chi connectivity index (χ1n) is 11.4. The Morgan fingerprint density at radius 2 is 1.77 bits per heavy atom. The first-order chi connectivity index (χ1) is 16.9. The smallest absolute Gasteiger partial charge is 0.269 e. The van der Waals surface area contributed by atoms with E-state index in [0.717, 1.165) is 16.9 Å². The predicted octanol–water partition coefficient (Wildman–Crippen LogP) is 6.55. The molecule has 5 rings (SSSR count). The zero-order valence-corrected chi connectivity index (χ0v) is 20.1. The molecule has 0 spiro atoms. The maximum absolute atomic E-state index is 11.0. The number of nitro benzene ring substituents is 1. The van der Waals surface area contributed by atoms with Gasteiger partial charge < -0.3 is 14.6 Å². The van der Waals surface area contributed by atoms with Crippen molar-refractivity contribution in [1.82, 2.24) is 10.3 Å². The Kier molecular flexibility index (Phi) is 6.05. The number of nitro groups is 1. The largest absolute Gasteiger partial charge is 0.459 e. The molecule has 35 heavy (non-hydrogen) atoms. The topological polar surface area (TPSA) is 84.4 Å². The zero-order valence-electron chi connectivity index (χ0n) is 19.3. The summed E-state index contributed by atoms with van der Waals surface area (Å²) in [5, 5.41) is 15.0. The van der Waals surface area contributed by atoms with Gasteiger partial charge in [0.25, 0.3) is 5.69 Å². The highest BCUT2D eigenvalue weighted by Gasteiger charge is 2.42. The summed E-state index contributed by atoms with van der Waals surface area (Å²) in [5.41, 5.74) is 3.87. The highest BCUT2D eigenvalue weighted by Crippen LogP contribution is 2.43. The van der Waals surface area contributed by atoms with Crippen molar-refractivity contribution in [2.75, 3.05) is 4.90 Å². The lowest BCUT2D eigenvalue weighted by Gasteiger charge is -2.26. The molecule has 1 aliphatic rings. The van der Waals surface area contributed by atoms with Crippen molar-refractivity contribution >= 4 is 28.7 Å². The molecular formula is C27H24N4O3S. The van der Waals surface area contributed by atoms with Crippen LogP contribution in [0.5, 0.6) is 0 Å². The van der Waals surface area contributed by atoms with Gasteiger partial charge in [0.1, 0.15) is 17.6 Å². The van der Waals surface area contributed by atoms with Crippen molar-refractivity contribution in [2.24, 2.45) is 0 Å². The molecule has 2 atom stereocenters. The molecule has 0 amide bonds. The number of thiocarbonyl (C=S) groups is 1. The number of rotatable bonds is 6. The van der Waals surface area contributed by atoms with Crippen LogP contribution in [0.4, 0.5) is 11.4 Å². The second kappa shape index (κ2) is 9.31. The molecule has 4 aromatic rings. The van der Waals surface area contributed by atoms with E-state index in [9.17, 15) is 10.1 Å². The average molecular weight is 485 g/mol. The van der Waals surface area contributed by atoms with E-state index in [1.807, 2.05) is 30.3 Å². The summed E-state index contributed by atoms with van der Waals surface area (Å²) in [7, 11) is 0. The number of pyridine rings is 1. The minimum atomic E-state index is -0.414. The fourth-order valence-electron chi connectivity index (χ4n) is 4.36. The molecule has 0 bridgehead atoms. The van der Waals surface area contributed by atoms with Crippen LogP contribution in [0.3, 0.4) is 0 Å². The van der Waals surface area contributed by atoms with Gasteiger partial charge >= 0.3 is 0 Å². The third-order valence-electron chi connectivity index (χ3n) is 6.22. The molecule has 8 heteroatoms. The van der Waals surface area contributed by atoms with Gasteiger partial charge in [-0.2, -0.15) is 0 Å². The van der Waals surface area contributed by atoms with Gasteiger partial charge in [-0.3, -0.25) is 15.1 Å². The molecule has 1 saturated heterocycles. The molecule has 7 nitrogen and oxygen atoms in total. The monoisotopic (exact) mass is 484 g/mol. The SMILES string of the molecule is CC(C)c1ccc(N2C(=S)NC(c3ccccn3)C2c2ccc(-c3ccc([N+](=O)[O-])cc3)o2)cc1. The number of anilines is 1. The number of nitrogens with zero attached hydrogens (tertiary/aromatic N) is 3. The number of non-ortho nitro benzene ring substituents is 1. The van der Waals surface area contributed by atoms with Crippen LogP contribution in [0.25, 0.3) is 11.3 Å². The summed E-state index contributed by atoms with van der Waals surface area (Å²) < 4.78 is 6.33. The van der Waals surface area contributed by atoms with Crippen LogP contribution in [0.15, 0.2) is 89.5 Å². The number of hydrogen-bond acceptors (Lipinski definition) is 5. The average Bonchev–Trinajstić information content (AvgIpc) is 3.49. The summed E-state index contributed by atoms with van der Waals surface area (Å²) in [6.45, 7) is 4.33. The van der Waals surface area contributed by atoms with Crippen LogP contribution in [-0.2, 0) is 0 Å². The fourth-order valence-corrected chi connectivity index (χ4v) is 4.70. The van der Waals surface area contributed by atoms with Gasteiger partial charge in [-0.15, -0.1) is 0 Å².